The number of rotatable bonds is 10. The average molecular weight is 376 g/mol. The van der Waals surface area contributed by atoms with Crippen LogP contribution in [-0.4, -0.2) is 44.0 Å². The Kier molecular flexibility index (Phi) is 8.43. The van der Waals surface area contributed by atoms with Crippen LogP contribution < -0.4 is 14.8 Å². The van der Waals surface area contributed by atoms with E-state index in [0.29, 0.717) is 29.2 Å². The minimum atomic E-state index is -0.0771. The molecule has 0 aliphatic carbocycles. The molecule has 6 nitrogen and oxygen atoms in total. The first-order chi connectivity index (χ1) is 13.1. The molecule has 0 bridgehead atoms. The molecule has 27 heavy (non-hydrogen) atoms. The van der Waals surface area contributed by atoms with E-state index in [1.165, 1.54) is 20.0 Å². The lowest BCUT2D eigenvalue weighted by atomic mass is 10.1. The van der Waals surface area contributed by atoms with Crippen LogP contribution in [0.25, 0.3) is 0 Å². The van der Waals surface area contributed by atoms with Crippen molar-refractivity contribution in [2.45, 2.75) is 58.3 Å². The third kappa shape index (κ3) is 5.88. The Morgan fingerprint density at radius 1 is 1.00 bits per heavy atom. The molecular weight excluding hydrogens is 344 g/mol. The molecule has 1 aliphatic heterocycles. The van der Waals surface area contributed by atoms with Gasteiger partial charge in [-0.15, -0.1) is 0 Å². The molecule has 1 heterocycles. The highest BCUT2D eigenvalue weighted by Crippen LogP contribution is 2.34. The van der Waals surface area contributed by atoms with Gasteiger partial charge in [-0.1, -0.05) is 32.6 Å². The maximum atomic E-state index is 12.9. The number of hydrogen-bond acceptors (Lipinski definition) is 4. The molecule has 0 radical (unpaired) electrons. The van der Waals surface area contributed by atoms with Gasteiger partial charge in [0.15, 0.2) is 11.5 Å². The Bertz CT molecular complexity index is 639. The molecule has 2 amide bonds. The quantitative estimate of drug-likeness (QED) is 0.620. The summed E-state index contributed by atoms with van der Waals surface area (Å²) in [7, 11) is 3.08. The van der Waals surface area contributed by atoms with Crippen LogP contribution >= 0.6 is 0 Å². The Morgan fingerprint density at radius 2 is 1.63 bits per heavy atom. The fourth-order valence-electron chi connectivity index (χ4n) is 3.35. The Labute approximate surface area is 162 Å². The van der Waals surface area contributed by atoms with Gasteiger partial charge < -0.3 is 19.7 Å². The number of anilines is 1. The van der Waals surface area contributed by atoms with Crippen LogP contribution in [0.4, 0.5) is 5.69 Å². The van der Waals surface area contributed by atoms with Gasteiger partial charge in [-0.05, 0) is 25.3 Å². The summed E-state index contributed by atoms with van der Waals surface area (Å²) < 4.78 is 10.7. The van der Waals surface area contributed by atoms with Gasteiger partial charge in [0.1, 0.15) is 0 Å². The van der Waals surface area contributed by atoms with Crippen molar-refractivity contribution in [1.82, 2.24) is 4.90 Å². The third-order valence-electron chi connectivity index (χ3n) is 4.93. The molecule has 1 aromatic rings. The van der Waals surface area contributed by atoms with Gasteiger partial charge in [0.25, 0.3) is 5.91 Å². The van der Waals surface area contributed by atoms with Gasteiger partial charge in [-0.3, -0.25) is 9.59 Å². The maximum absolute atomic E-state index is 12.9. The number of hydrogen-bond donors (Lipinski definition) is 1. The van der Waals surface area contributed by atoms with Crippen LogP contribution in [0.2, 0.25) is 0 Å². The van der Waals surface area contributed by atoms with Crippen molar-refractivity contribution in [3.05, 3.63) is 17.7 Å². The van der Waals surface area contributed by atoms with Crippen molar-refractivity contribution in [2.24, 2.45) is 0 Å². The molecule has 1 saturated heterocycles. The summed E-state index contributed by atoms with van der Waals surface area (Å²) in [5.41, 5.74) is 0.942. The van der Waals surface area contributed by atoms with E-state index in [0.717, 1.165) is 45.2 Å². The Morgan fingerprint density at radius 3 is 2.26 bits per heavy atom. The first-order valence-corrected chi connectivity index (χ1v) is 9.95. The summed E-state index contributed by atoms with van der Waals surface area (Å²) in [4.78, 5) is 27.1. The fraction of sp³-hybridized carbons (Fsp3) is 0.619. The summed E-state index contributed by atoms with van der Waals surface area (Å²) in [6.45, 7) is 3.67. The number of likely N-dealkylation sites (tertiary alicyclic amines) is 1. The van der Waals surface area contributed by atoms with Crippen molar-refractivity contribution < 1.29 is 19.1 Å². The van der Waals surface area contributed by atoms with Crippen LogP contribution in [-0.2, 0) is 4.79 Å². The fourth-order valence-corrected chi connectivity index (χ4v) is 3.35. The van der Waals surface area contributed by atoms with E-state index >= 15 is 0 Å². The topological polar surface area (TPSA) is 67.9 Å². The highest BCUT2D eigenvalue weighted by atomic mass is 16.5. The van der Waals surface area contributed by atoms with Crippen molar-refractivity contribution in [3.63, 3.8) is 0 Å². The van der Waals surface area contributed by atoms with Crippen LogP contribution in [0.5, 0.6) is 11.5 Å². The molecule has 6 heteroatoms. The number of benzene rings is 1. The van der Waals surface area contributed by atoms with E-state index in [2.05, 4.69) is 12.2 Å². The number of nitrogens with one attached hydrogen (secondary N) is 1. The largest absolute Gasteiger partial charge is 0.493 e. The Hall–Kier alpha value is -2.24. The smallest absolute Gasteiger partial charge is 0.256 e. The molecule has 1 fully saturated rings. The van der Waals surface area contributed by atoms with Crippen molar-refractivity contribution in [2.75, 3.05) is 32.6 Å². The standard InChI is InChI=1S/C21H32N2O4/c1-4-5-6-7-8-11-20(24)22-17-15-19(27-3)18(26-2)14-16(17)21(25)23-12-9-10-13-23/h14-15H,4-13H2,1-3H3,(H,22,24). The second-order valence-corrected chi connectivity index (χ2v) is 6.96. The van der Waals surface area contributed by atoms with E-state index in [4.69, 9.17) is 9.47 Å². The monoisotopic (exact) mass is 376 g/mol. The Balaban J connectivity index is 2.14. The average Bonchev–Trinajstić information content (AvgIpc) is 3.21. The molecule has 1 N–H and O–H groups in total. The zero-order valence-corrected chi connectivity index (χ0v) is 16.8. The van der Waals surface area contributed by atoms with Crippen molar-refractivity contribution in [3.8, 4) is 11.5 Å². The summed E-state index contributed by atoms with van der Waals surface area (Å²) in [5.74, 6) is 0.826. The zero-order chi connectivity index (χ0) is 19.6. The van der Waals surface area contributed by atoms with Gasteiger partial charge in [-0.2, -0.15) is 0 Å². The normalized spacial score (nSPS) is 13.5. The second-order valence-electron chi connectivity index (χ2n) is 6.96. The van der Waals surface area contributed by atoms with Crippen LogP contribution in [0.3, 0.4) is 0 Å². The van der Waals surface area contributed by atoms with E-state index in [9.17, 15) is 9.59 Å². The predicted octanol–water partition coefficient (Wildman–Crippen LogP) is 4.24. The molecule has 0 spiro atoms. The van der Waals surface area contributed by atoms with Crippen LogP contribution in [0, 0.1) is 0 Å². The lowest BCUT2D eigenvalue weighted by Gasteiger charge is -2.20. The van der Waals surface area contributed by atoms with E-state index < -0.39 is 0 Å². The molecule has 0 unspecified atom stereocenters. The number of methoxy groups -OCH3 is 2. The molecule has 0 saturated carbocycles. The SMILES string of the molecule is CCCCCCCC(=O)Nc1cc(OC)c(OC)cc1C(=O)N1CCCC1. The van der Waals surface area contributed by atoms with E-state index in [1.54, 1.807) is 19.2 Å². The summed E-state index contributed by atoms with van der Waals surface area (Å²) in [6.07, 6.45) is 7.91. The van der Waals surface area contributed by atoms with Gasteiger partial charge in [0, 0.05) is 25.6 Å². The molecule has 0 aromatic heterocycles. The summed E-state index contributed by atoms with van der Waals surface area (Å²) in [6, 6.07) is 3.34. The first kappa shape index (κ1) is 21.1. The highest BCUT2D eigenvalue weighted by molar-refractivity contribution is 6.04. The maximum Gasteiger partial charge on any atom is 0.256 e. The lowest BCUT2D eigenvalue weighted by molar-refractivity contribution is -0.116. The van der Waals surface area contributed by atoms with Crippen molar-refractivity contribution in [1.29, 1.82) is 0 Å². The van der Waals surface area contributed by atoms with E-state index in [1.807, 2.05) is 4.90 Å². The molecule has 2 rings (SSSR count). The van der Waals surface area contributed by atoms with Crippen LogP contribution in [0.15, 0.2) is 12.1 Å². The zero-order valence-electron chi connectivity index (χ0n) is 16.8. The van der Waals surface area contributed by atoms with E-state index in [-0.39, 0.29) is 11.8 Å². The minimum absolute atomic E-state index is 0.0748. The van der Waals surface area contributed by atoms with Gasteiger partial charge >= 0.3 is 0 Å². The molecule has 1 aliphatic rings. The number of carbonyl (C=O) groups excluding carboxylic acids is 2. The molecule has 1 aromatic carbocycles. The number of nitrogens with zero attached hydrogens (tertiary/aromatic N) is 1. The predicted molar refractivity (Wildman–Crippen MR) is 107 cm³/mol. The number of ether oxygens (including phenoxy) is 2. The minimum Gasteiger partial charge on any atom is -0.493 e. The van der Waals surface area contributed by atoms with Gasteiger partial charge in [0.2, 0.25) is 5.91 Å². The van der Waals surface area contributed by atoms with Gasteiger partial charge in [0.05, 0.1) is 25.5 Å². The lowest BCUT2D eigenvalue weighted by Crippen LogP contribution is -2.29. The summed E-state index contributed by atoms with van der Waals surface area (Å²) in [5, 5.41) is 2.91. The number of amides is 2. The molecule has 150 valence electrons. The van der Waals surface area contributed by atoms with Crippen LogP contribution in [0.1, 0.15) is 68.6 Å². The van der Waals surface area contributed by atoms with Crippen molar-refractivity contribution >= 4 is 17.5 Å². The van der Waals surface area contributed by atoms with Gasteiger partial charge in [-0.25, -0.2) is 0 Å². The highest BCUT2D eigenvalue weighted by Gasteiger charge is 2.24. The third-order valence-corrected chi connectivity index (χ3v) is 4.93. The molecular formula is C21H32N2O4. The summed E-state index contributed by atoms with van der Waals surface area (Å²) >= 11 is 0. The first-order valence-electron chi connectivity index (χ1n) is 9.95. The second kappa shape index (κ2) is 10.8. The number of unbranched alkanes of at least 4 members (excludes halogenated alkanes) is 4. The molecule has 0 atom stereocenters. The number of carbonyl (C=O) groups is 2.